The van der Waals surface area contributed by atoms with Gasteiger partial charge < -0.3 is 5.32 Å². The van der Waals surface area contributed by atoms with Crippen LogP contribution in [-0.4, -0.2) is 16.1 Å². The van der Waals surface area contributed by atoms with Crippen molar-refractivity contribution in [2.45, 2.75) is 33.4 Å². The lowest BCUT2D eigenvalue weighted by molar-refractivity contribution is 0.492. The first-order valence-electron chi connectivity index (χ1n) is 5.46. The van der Waals surface area contributed by atoms with Crippen LogP contribution in [0.25, 0.3) is 0 Å². The summed E-state index contributed by atoms with van der Waals surface area (Å²) in [6.45, 7) is 6.54. The van der Waals surface area contributed by atoms with Crippen LogP contribution in [0.5, 0.6) is 0 Å². The molecule has 1 aromatic rings. The second-order valence-corrected chi connectivity index (χ2v) is 4.45. The first-order valence-corrected chi connectivity index (χ1v) is 5.46. The van der Waals surface area contributed by atoms with Crippen LogP contribution in [0.3, 0.4) is 0 Å². The monoisotopic (exact) mass is 207 g/mol. The molecule has 0 aromatic carbocycles. The van der Waals surface area contributed by atoms with Crippen molar-refractivity contribution in [3.8, 4) is 0 Å². The molecule has 1 aliphatic rings. The summed E-state index contributed by atoms with van der Waals surface area (Å²) in [4.78, 5) is 16.4. The lowest BCUT2D eigenvalue weighted by atomic mass is 10.1. The molecule has 2 rings (SSSR count). The van der Waals surface area contributed by atoms with E-state index in [1.54, 1.807) is 10.9 Å². The zero-order chi connectivity index (χ0) is 10.8. The van der Waals surface area contributed by atoms with Crippen LogP contribution in [0.1, 0.15) is 25.1 Å². The van der Waals surface area contributed by atoms with Crippen molar-refractivity contribution in [3.05, 3.63) is 27.9 Å². The van der Waals surface area contributed by atoms with E-state index < -0.39 is 0 Å². The zero-order valence-electron chi connectivity index (χ0n) is 9.29. The van der Waals surface area contributed by atoms with Crippen molar-refractivity contribution in [2.75, 3.05) is 6.54 Å². The van der Waals surface area contributed by atoms with Gasteiger partial charge in [-0.1, -0.05) is 13.8 Å². The van der Waals surface area contributed by atoms with Crippen molar-refractivity contribution in [1.82, 2.24) is 14.9 Å². The van der Waals surface area contributed by atoms with Crippen LogP contribution >= 0.6 is 0 Å². The summed E-state index contributed by atoms with van der Waals surface area (Å²) in [5, 5.41) is 3.21. The topological polar surface area (TPSA) is 46.9 Å². The average molecular weight is 207 g/mol. The molecule has 82 valence electrons. The predicted molar refractivity (Wildman–Crippen MR) is 58.7 cm³/mol. The van der Waals surface area contributed by atoms with Gasteiger partial charge in [-0.3, -0.25) is 9.36 Å². The van der Waals surface area contributed by atoms with E-state index in [4.69, 9.17) is 0 Å². The average Bonchev–Trinajstić information content (AvgIpc) is 2.22. The van der Waals surface area contributed by atoms with Crippen molar-refractivity contribution < 1.29 is 0 Å². The Labute approximate surface area is 89.3 Å². The van der Waals surface area contributed by atoms with E-state index in [1.807, 2.05) is 0 Å². The second-order valence-electron chi connectivity index (χ2n) is 4.45. The number of hydrogen-bond acceptors (Lipinski definition) is 3. The molecule has 0 aliphatic carbocycles. The van der Waals surface area contributed by atoms with Crippen molar-refractivity contribution in [3.63, 3.8) is 0 Å². The molecule has 0 atom stereocenters. The van der Waals surface area contributed by atoms with Gasteiger partial charge in [0, 0.05) is 26.1 Å². The summed E-state index contributed by atoms with van der Waals surface area (Å²) in [7, 11) is 0. The Morgan fingerprint density at radius 3 is 3.13 bits per heavy atom. The van der Waals surface area contributed by atoms with Gasteiger partial charge in [0.25, 0.3) is 5.56 Å². The Kier molecular flexibility index (Phi) is 2.86. The molecule has 1 N–H and O–H groups in total. The Hall–Kier alpha value is -1.16. The number of hydrogen-bond donors (Lipinski definition) is 1. The van der Waals surface area contributed by atoms with Crippen LogP contribution in [-0.2, 0) is 19.5 Å². The van der Waals surface area contributed by atoms with Crippen LogP contribution in [0.2, 0.25) is 0 Å². The lowest BCUT2D eigenvalue weighted by Crippen LogP contribution is -2.35. The third-order valence-electron chi connectivity index (χ3n) is 2.62. The normalized spacial score (nSPS) is 15.4. The van der Waals surface area contributed by atoms with E-state index in [1.165, 1.54) is 0 Å². The number of nitrogens with zero attached hydrogens (tertiary/aromatic N) is 2. The Bertz CT molecular complexity index is 409. The second kappa shape index (κ2) is 4.14. The highest BCUT2D eigenvalue weighted by molar-refractivity contribution is 5.19. The van der Waals surface area contributed by atoms with Gasteiger partial charge >= 0.3 is 0 Å². The maximum Gasteiger partial charge on any atom is 0.258 e. The van der Waals surface area contributed by atoms with Crippen LogP contribution in [0, 0.1) is 5.92 Å². The molecule has 4 nitrogen and oxygen atoms in total. The van der Waals surface area contributed by atoms with Crippen molar-refractivity contribution in [2.24, 2.45) is 5.92 Å². The van der Waals surface area contributed by atoms with Gasteiger partial charge in [-0.05, 0) is 5.92 Å². The predicted octanol–water partition coefficient (Wildman–Crippen LogP) is 0.545. The largest absolute Gasteiger partial charge is 0.312 e. The van der Waals surface area contributed by atoms with Gasteiger partial charge in [0.1, 0.15) is 0 Å². The number of aromatic nitrogens is 2. The van der Waals surface area contributed by atoms with E-state index in [2.05, 4.69) is 24.1 Å². The Balaban J connectivity index is 2.39. The van der Waals surface area contributed by atoms with Crippen LogP contribution < -0.4 is 10.9 Å². The molecule has 1 aliphatic heterocycles. The highest BCUT2D eigenvalue weighted by atomic mass is 16.1. The third-order valence-corrected chi connectivity index (χ3v) is 2.62. The maximum absolute atomic E-state index is 12.0. The van der Waals surface area contributed by atoms with Crippen molar-refractivity contribution in [1.29, 1.82) is 0 Å². The quantitative estimate of drug-likeness (QED) is 0.770. The summed E-state index contributed by atoms with van der Waals surface area (Å²) >= 11 is 0. The van der Waals surface area contributed by atoms with Gasteiger partial charge in [0.15, 0.2) is 0 Å². The minimum Gasteiger partial charge on any atom is -0.312 e. The molecular formula is C11H17N3O. The SMILES string of the molecule is CC(C)Cn1cnc2c(c1=O)CNCC2. The summed E-state index contributed by atoms with van der Waals surface area (Å²) in [5.41, 5.74) is 1.95. The fourth-order valence-electron chi connectivity index (χ4n) is 1.90. The van der Waals surface area contributed by atoms with Gasteiger partial charge in [0.05, 0.1) is 17.6 Å². The van der Waals surface area contributed by atoms with E-state index in [-0.39, 0.29) is 5.56 Å². The molecule has 15 heavy (non-hydrogen) atoms. The molecular weight excluding hydrogens is 190 g/mol. The molecule has 0 spiro atoms. The smallest absolute Gasteiger partial charge is 0.258 e. The highest BCUT2D eigenvalue weighted by Crippen LogP contribution is 2.06. The lowest BCUT2D eigenvalue weighted by Gasteiger charge is -2.17. The minimum absolute atomic E-state index is 0.126. The van der Waals surface area contributed by atoms with Crippen LogP contribution in [0.15, 0.2) is 11.1 Å². The van der Waals surface area contributed by atoms with Crippen LogP contribution in [0.4, 0.5) is 0 Å². The fourth-order valence-corrected chi connectivity index (χ4v) is 1.90. The molecule has 0 amide bonds. The van der Waals surface area contributed by atoms with E-state index in [0.717, 1.165) is 30.8 Å². The third kappa shape index (κ3) is 2.09. The Morgan fingerprint density at radius 1 is 1.60 bits per heavy atom. The first kappa shape index (κ1) is 10.4. The molecule has 0 saturated carbocycles. The van der Waals surface area contributed by atoms with Crippen molar-refractivity contribution >= 4 is 0 Å². The zero-order valence-corrected chi connectivity index (χ0v) is 9.29. The summed E-state index contributed by atoms with van der Waals surface area (Å²) in [6.07, 6.45) is 2.56. The Morgan fingerprint density at radius 2 is 2.40 bits per heavy atom. The molecule has 2 heterocycles. The standard InChI is InChI=1S/C11H17N3O/c1-8(2)6-14-7-13-10-3-4-12-5-9(10)11(14)15/h7-8,12H,3-6H2,1-2H3. The van der Waals surface area contributed by atoms with Gasteiger partial charge in [-0.2, -0.15) is 0 Å². The molecule has 0 fully saturated rings. The van der Waals surface area contributed by atoms with E-state index in [0.29, 0.717) is 12.5 Å². The molecule has 1 aromatic heterocycles. The molecule has 0 radical (unpaired) electrons. The van der Waals surface area contributed by atoms with E-state index >= 15 is 0 Å². The highest BCUT2D eigenvalue weighted by Gasteiger charge is 2.15. The fraction of sp³-hybridized carbons (Fsp3) is 0.636. The number of nitrogens with one attached hydrogen (secondary N) is 1. The number of rotatable bonds is 2. The van der Waals surface area contributed by atoms with Gasteiger partial charge in [-0.15, -0.1) is 0 Å². The molecule has 0 bridgehead atoms. The summed E-state index contributed by atoms with van der Waals surface area (Å²) < 4.78 is 1.72. The summed E-state index contributed by atoms with van der Waals surface area (Å²) in [5.74, 6) is 0.471. The van der Waals surface area contributed by atoms with Gasteiger partial charge in [-0.25, -0.2) is 4.98 Å². The summed E-state index contributed by atoms with van der Waals surface area (Å²) in [6, 6.07) is 0. The van der Waals surface area contributed by atoms with Gasteiger partial charge in [0.2, 0.25) is 0 Å². The maximum atomic E-state index is 12.0. The first-order chi connectivity index (χ1) is 7.18. The molecule has 0 saturated heterocycles. The molecule has 4 heteroatoms. The van der Waals surface area contributed by atoms with E-state index in [9.17, 15) is 4.79 Å². The minimum atomic E-state index is 0.126. The number of fused-ring (bicyclic) bond motifs is 1. The molecule has 0 unspecified atom stereocenters.